The Morgan fingerprint density at radius 3 is 2.94 bits per heavy atom. The number of nitrogens with zero attached hydrogens (tertiary/aromatic N) is 4. The van der Waals surface area contributed by atoms with E-state index in [1.165, 1.54) is 6.33 Å². The van der Waals surface area contributed by atoms with E-state index in [4.69, 9.17) is 4.74 Å². The molecule has 31 heavy (non-hydrogen) atoms. The maximum absolute atomic E-state index is 14.8. The van der Waals surface area contributed by atoms with Gasteiger partial charge < -0.3 is 19.9 Å². The van der Waals surface area contributed by atoms with Gasteiger partial charge in [-0.25, -0.2) is 14.4 Å². The molecule has 0 unspecified atom stereocenters. The van der Waals surface area contributed by atoms with E-state index < -0.39 is 12.2 Å². The van der Waals surface area contributed by atoms with Crippen LogP contribution in [0.15, 0.2) is 12.5 Å². The molecule has 2 atom stereocenters. The molecule has 4 rings (SSSR count). The van der Waals surface area contributed by atoms with Crippen LogP contribution in [0, 0.1) is 11.8 Å². The van der Waals surface area contributed by atoms with E-state index in [-0.39, 0.29) is 18.9 Å². The molecule has 166 valence electrons. The van der Waals surface area contributed by atoms with Gasteiger partial charge in [0.1, 0.15) is 24.0 Å². The minimum absolute atomic E-state index is 0.249. The first-order valence-corrected chi connectivity index (χ1v) is 10.8. The van der Waals surface area contributed by atoms with E-state index in [0.717, 1.165) is 42.7 Å². The summed E-state index contributed by atoms with van der Waals surface area (Å²) in [6.07, 6.45) is 4.52. The van der Waals surface area contributed by atoms with Gasteiger partial charge in [0, 0.05) is 32.5 Å². The molecule has 2 saturated heterocycles. The van der Waals surface area contributed by atoms with Crippen LogP contribution in [0.1, 0.15) is 30.7 Å². The Morgan fingerprint density at radius 1 is 1.35 bits per heavy atom. The molecule has 2 aliphatic heterocycles. The fraction of sp³-hybridized carbons (Fsp3) is 0.591. The third kappa shape index (κ3) is 4.97. The first-order valence-electron chi connectivity index (χ1n) is 10.8. The van der Waals surface area contributed by atoms with Crippen molar-refractivity contribution in [2.24, 2.45) is 0 Å². The van der Waals surface area contributed by atoms with Gasteiger partial charge in [-0.3, -0.25) is 9.69 Å². The van der Waals surface area contributed by atoms with Gasteiger partial charge in [0.2, 0.25) is 0 Å². The normalized spacial score (nSPS) is 22.4. The monoisotopic (exact) mass is 428 g/mol. The van der Waals surface area contributed by atoms with Crippen LogP contribution in [0.25, 0.3) is 11.0 Å². The number of carbonyl (C=O) groups excluding carboxylic acids is 1. The van der Waals surface area contributed by atoms with Crippen LogP contribution in [-0.4, -0.2) is 89.8 Å². The van der Waals surface area contributed by atoms with E-state index in [2.05, 4.69) is 32.1 Å². The predicted molar refractivity (Wildman–Crippen MR) is 117 cm³/mol. The maximum atomic E-state index is 14.8. The van der Waals surface area contributed by atoms with Crippen molar-refractivity contribution in [1.29, 1.82) is 0 Å². The third-order valence-electron chi connectivity index (χ3n) is 5.89. The van der Waals surface area contributed by atoms with Crippen LogP contribution in [0.2, 0.25) is 0 Å². The zero-order valence-corrected chi connectivity index (χ0v) is 18.0. The fourth-order valence-corrected chi connectivity index (χ4v) is 4.20. The molecule has 1 amide bonds. The predicted octanol–water partition coefficient (Wildman–Crippen LogP) is 1.77. The van der Waals surface area contributed by atoms with Crippen LogP contribution in [-0.2, 0) is 9.53 Å². The summed E-state index contributed by atoms with van der Waals surface area (Å²) in [5.41, 5.74) is 1.86. The molecule has 9 heteroatoms. The number of aromatic nitrogens is 3. The second-order valence-electron chi connectivity index (χ2n) is 8.42. The Bertz CT molecular complexity index is 975. The second-order valence-corrected chi connectivity index (χ2v) is 8.42. The number of carbonyl (C=O) groups is 1. The zero-order valence-electron chi connectivity index (χ0n) is 18.0. The number of anilines is 1. The van der Waals surface area contributed by atoms with Gasteiger partial charge in [-0.1, -0.05) is 5.92 Å². The fourth-order valence-electron chi connectivity index (χ4n) is 4.20. The molecule has 0 bridgehead atoms. The number of amides is 1. The molecule has 0 radical (unpaired) electrons. The molecular formula is C22H29FN6O2. The first kappa shape index (κ1) is 21.5. The molecule has 0 saturated carbocycles. The Labute approximate surface area is 181 Å². The quantitative estimate of drug-likeness (QED) is 0.722. The van der Waals surface area contributed by atoms with Crippen LogP contribution in [0.4, 0.5) is 10.2 Å². The molecule has 2 aromatic rings. The summed E-state index contributed by atoms with van der Waals surface area (Å²) >= 11 is 0. The summed E-state index contributed by atoms with van der Waals surface area (Å²) < 4.78 is 20.3. The highest BCUT2D eigenvalue weighted by molar-refractivity contribution is 5.94. The lowest BCUT2D eigenvalue weighted by atomic mass is 9.92. The first-order chi connectivity index (χ1) is 15.0. The molecule has 0 spiro atoms. The highest BCUT2D eigenvalue weighted by atomic mass is 19.1. The number of aromatic amines is 1. The van der Waals surface area contributed by atoms with Crippen LogP contribution < -0.4 is 5.32 Å². The zero-order chi connectivity index (χ0) is 21.8. The number of alkyl halides is 1. The number of fused-ring (bicyclic) bond motifs is 1. The number of rotatable bonds is 4. The Morgan fingerprint density at radius 2 is 2.16 bits per heavy atom. The molecule has 2 fully saturated rings. The average molecular weight is 429 g/mol. The Kier molecular flexibility index (Phi) is 6.68. The molecule has 2 aromatic heterocycles. The highest BCUT2D eigenvalue weighted by Crippen LogP contribution is 2.35. The third-order valence-corrected chi connectivity index (χ3v) is 5.89. The summed E-state index contributed by atoms with van der Waals surface area (Å²) in [6, 6.07) is -0.552. The Hall–Kier alpha value is -2.70. The van der Waals surface area contributed by atoms with Crippen molar-refractivity contribution < 1.29 is 13.9 Å². The van der Waals surface area contributed by atoms with Gasteiger partial charge in [0.15, 0.2) is 0 Å². The smallest absolute Gasteiger partial charge is 0.298 e. The van der Waals surface area contributed by atoms with Gasteiger partial charge in [0.25, 0.3) is 5.91 Å². The molecular weight excluding hydrogens is 399 g/mol. The lowest BCUT2D eigenvalue weighted by molar-refractivity contribution is -0.126. The standard InChI is InChI=1S/C22H29FN6O2/c1-28(2)8-3-4-19(30)29-9-5-17(23)18(13-29)27-22-20-16(15-6-10-31-11-7-15)12-24-21(20)25-14-26-22/h12,14-15,17-18H,5-11,13H2,1-2H3,(H2,24,25,26,27)/t17-,18-/m0/s1. The van der Waals surface area contributed by atoms with Crippen molar-refractivity contribution in [3.63, 3.8) is 0 Å². The van der Waals surface area contributed by atoms with Crippen molar-refractivity contribution in [2.75, 3.05) is 52.3 Å². The SMILES string of the molecule is CN(C)CC#CC(=O)N1CC[C@H](F)[C@@H](Nc2ncnc3[nH]cc(C4CCOCC4)c23)C1. The van der Waals surface area contributed by atoms with E-state index in [0.29, 0.717) is 24.8 Å². The van der Waals surface area contributed by atoms with Gasteiger partial charge >= 0.3 is 0 Å². The molecule has 2 aliphatic rings. The number of likely N-dealkylation sites (tertiary alicyclic amines) is 1. The molecule has 4 heterocycles. The van der Waals surface area contributed by atoms with Crippen LogP contribution in [0.3, 0.4) is 0 Å². The van der Waals surface area contributed by atoms with Gasteiger partial charge in [-0.05, 0) is 50.8 Å². The highest BCUT2D eigenvalue weighted by Gasteiger charge is 2.32. The number of halogens is 1. The van der Waals surface area contributed by atoms with Gasteiger partial charge in [-0.15, -0.1) is 0 Å². The van der Waals surface area contributed by atoms with Crippen LogP contribution >= 0.6 is 0 Å². The van der Waals surface area contributed by atoms with Crippen molar-refractivity contribution >= 4 is 22.8 Å². The maximum Gasteiger partial charge on any atom is 0.298 e. The Balaban J connectivity index is 1.52. The summed E-state index contributed by atoms with van der Waals surface area (Å²) in [5.74, 6) is 6.21. The largest absolute Gasteiger partial charge is 0.381 e. The van der Waals surface area contributed by atoms with Crippen molar-refractivity contribution in [2.45, 2.75) is 37.4 Å². The minimum atomic E-state index is -1.07. The number of piperidine rings is 1. The van der Waals surface area contributed by atoms with E-state index in [1.54, 1.807) is 4.90 Å². The lowest BCUT2D eigenvalue weighted by Crippen LogP contribution is -2.50. The number of ether oxygens (including phenoxy) is 1. The number of nitrogens with one attached hydrogen (secondary N) is 2. The van der Waals surface area contributed by atoms with Crippen molar-refractivity contribution in [1.82, 2.24) is 24.8 Å². The summed E-state index contributed by atoms with van der Waals surface area (Å²) in [6.45, 7) is 2.59. The van der Waals surface area contributed by atoms with Gasteiger partial charge in [0.05, 0.1) is 18.0 Å². The molecule has 8 nitrogen and oxygen atoms in total. The molecule has 2 N–H and O–H groups in total. The number of H-pyrrole nitrogens is 1. The summed E-state index contributed by atoms with van der Waals surface area (Å²) in [4.78, 5) is 28.0. The number of hydrogen-bond donors (Lipinski definition) is 2. The van der Waals surface area contributed by atoms with E-state index in [9.17, 15) is 9.18 Å². The van der Waals surface area contributed by atoms with Crippen molar-refractivity contribution in [3.05, 3.63) is 18.1 Å². The molecule has 0 aromatic carbocycles. The minimum Gasteiger partial charge on any atom is -0.381 e. The second kappa shape index (κ2) is 9.62. The molecule has 0 aliphatic carbocycles. The summed E-state index contributed by atoms with van der Waals surface area (Å²) in [7, 11) is 3.79. The average Bonchev–Trinajstić information content (AvgIpc) is 3.21. The van der Waals surface area contributed by atoms with Crippen LogP contribution in [0.5, 0.6) is 0 Å². The van der Waals surface area contributed by atoms with Crippen molar-refractivity contribution in [3.8, 4) is 11.8 Å². The lowest BCUT2D eigenvalue weighted by Gasteiger charge is -2.35. The summed E-state index contributed by atoms with van der Waals surface area (Å²) in [5, 5.41) is 4.17. The van der Waals surface area contributed by atoms with Gasteiger partial charge in [-0.2, -0.15) is 0 Å². The topological polar surface area (TPSA) is 86.4 Å². The van der Waals surface area contributed by atoms with E-state index >= 15 is 0 Å². The van der Waals surface area contributed by atoms with E-state index in [1.807, 2.05) is 25.2 Å². The number of hydrogen-bond acceptors (Lipinski definition) is 6.